The molecule has 2 amide bonds. The fourth-order valence-electron chi connectivity index (χ4n) is 2.99. The normalized spacial score (nSPS) is 20.7. The van der Waals surface area contributed by atoms with Gasteiger partial charge in [0.2, 0.25) is 11.8 Å². The summed E-state index contributed by atoms with van der Waals surface area (Å²) in [6, 6.07) is 7.38. The van der Waals surface area contributed by atoms with Gasteiger partial charge in [-0.25, -0.2) is 0 Å². The number of aliphatic carboxylic acids is 1. The summed E-state index contributed by atoms with van der Waals surface area (Å²) in [4.78, 5) is 35.1. The highest BCUT2D eigenvalue weighted by Crippen LogP contribution is 2.31. The summed E-state index contributed by atoms with van der Waals surface area (Å²) in [7, 11) is 0. The maximum absolute atomic E-state index is 12.2. The largest absolute Gasteiger partial charge is 0.481 e. The Hall–Kier alpha value is -2.37. The Morgan fingerprint density at radius 1 is 1.24 bits per heavy atom. The van der Waals surface area contributed by atoms with Crippen LogP contribution < -0.4 is 10.6 Å². The van der Waals surface area contributed by atoms with Crippen LogP contribution in [-0.2, 0) is 20.9 Å². The molecule has 25 heavy (non-hydrogen) atoms. The van der Waals surface area contributed by atoms with Crippen molar-refractivity contribution in [2.45, 2.75) is 46.1 Å². The second-order valence-electron chi connectivity index (χ2n) is 6.76. The molecule has 2 rings (SSSR count). The molecule has 1 aliphatic carbocycles. The van der Waals surface area contributed by atoms with Crippen LogP contribution in [0.4, 0.5) is 5.69 Å². The molecular formula is C19H26N2O4. The summed E-state index contributed by atoms with van der Waals surface area (Å²) < 4.78 is 0. The minimum Gasteiger partial charge on any atom is -0.481 e. The first-order chi connectivity index (χ1) is 11.9. The highest BCUT2D eigenvalue weighted by Gasteiger charge is 2.33. The molecule has 0 radical (unpaired) electrons. The zero-order valence-corrected chi connectivity index (χ0v) is 14.7. The third-order valence-electron chi connectivity index (χ3n) is 4.87. The Morgan fingerprint density at radius 2 is 1.96 bits per heavy atom. The van der Waals surface area contributed by atoms with E-state index in [4.69, 9.17) is 5.11 Å². The van der Waals surface area contributed by atoms with Crippen molar-refractivity contribution in [3.05, 3.63) is 29.8 Å². The molecule has 0 spiro atoms. The first-order valence-electron chi connectivity index (χ1n) is 8.81. The van der Waals surface area contributed by atoms with Crippen molar-refractivity contribution >= 4 is 23.5 Å². The number of rotatable bonds is 7. The van der Waals surface area contributed by atoms with E-state index in [0.717, 1.165) is 12.0 Å². The number of hydrogen-bond acceptors (Lipinski definition) is 3. The molecule has 0 bridgehead atoms. The van der Waals surface area contributed by atoms with E-state index >= 15 is 0 Å². The van der Waals surface area contributed by atoms with Crippen molar-refractivity contribution < 1.29 is 19.5 Å². The van der Waals surface area contributed by atoms with Gasteiger partial charge in [-0.1, -0.05) is 26.0 Å². The molecule has 1 fully saturated rings. The van der Waals surface area contributed by atoms with Crippen LogP contribution in [0.15, 0.2) is 24.3 Å². The van der Waals surface area contributed by atoms with E-state index in [1.807, 2.05) is 38.1 Å². The average molecular weight is 346 g/mol. The molecular weight excluding hydrogens is 320 g/mol. The van der Waals surface area contributed by atoms with Crippen molar-refractivity contribution in [1.29, 1.82) is 0 Å². The monoisotopic (exact) mass is 346 g/mol. The van der Waals surface area contributed by atoms with E-state index < -0.39 is 11.9 Å². The zero-order valence-electron chi connectivity index (χ0n) is 14.7. The first kappa shape index (κ1) is 19.0. The molecule has 1 aliphatic rings. The Labute approximate surface area is 148 Å². The molecule has 0 saturated heterocycles. The zero-order chi connectivity index (χ0) is 18.4. The molecule has 136 valence electrons. The van der Waals surface area contributed by atoms with Gasteiger partial charge < -0.3 is 15.7 Å². The highest BCUT2D eigenvalue weighted by atomic mass is 16.4. The summed E-state index contributed by atoms with van der Waals surface area (Å²) in [5.41, 5.74) is 1.60. The van der Waals surface area contributed by atoms with Crippen LogP contribution in [0.5, 0.6) is 0 Å². The van der Waals surface area contributed by atoms with Gasteiger partial charge in [-0.2, -0.15) is 0 Å². The van der Waals surface area contributed by atoms with Gasteiger partial charge in [-0.3, -0.25) is 14.4 Å². The van der Waals surface area contributed by atoms with Crippen LogP contribution in [0, 0.1) is 17.8 Å². The number of hydrogen-bond donors (Lipinski definition) is 3. The number of carboxylic acid groups (broad SMARTS) is 1. The predicted molar refractivity (Wildman–Crippen MR) is 94.8 cm³/mol. The Morgan fingerprint density at radius 3 is 2.60 bits per heavy atom. The SMILES string of the molecule is CCC(C)C(=O)Nc1cccc(CNC(=O)[C@@H]2CC[C@H](C(=O)O)C2)c1. The van der Waals surface area contributed by atoms with Crippen LogP contribution >= 0.6 is 0 Å². The predicted octanol–water partition coefficient (Wildman–Crippen LogP) is 2.79. The lowest BCUT2D eigenvalue weighted by Gasteiger charge is -2.13. The number of nitrogens with one attached hydrogen (secondary N) is 2. The van der Waals surface area contributed by atoms with Gasteiger partial charge in [0.05, 0.1) is 5.92 Å². The molecule has 0 heterocycles. The number of carboxylic acids is 1. The molecule has 0 aliphatic heterocycles. The van der Waals surface area contributed by atoms with Gasteiger partial charge in [0.25, 0.3) is 0 Å². The molecule has 6 nitrogen and oxygen atoms in total. The van der Waals surface area contributed by atoms with E-state index in [-0.39, 0.29) is 23.7 Å². The van der Waals surface area contributed by atoms with Gasteiger partial charge in [0.15, 0.2) is 0 Å². The maximum Gasteiger partial charge on any atom is 0.306 e. The summed E-state index contributed by atoms with van der Waals surface area (Å²) in [6.07, 6.45) is 2.37. The van der Waals surface area contributed by atoms with Crippen molar-refractivity contribution in [3.8, 4) is 0 Å². The van der Waals surface area contributed by atoms with E-state index in [0.29, 0.717) is 31.5 Å². The Bertz CT molecular complexity index is 644. The summed E-state index contributed by atoms with van der Waals surface area (Å²) in [5, 5.41) is 14.8. The van der Waals surface area contributed by atoms with Crippen molar-refractivity contribution in [1.82, 2.24) is 5.32 Å². The second-order valence-corrected chi connectivity index (χ2v) is 6.76. The van der Waals surface area contributed by atoms with Gasteiger partial charge in [0.1, 0.15) is 0 Å². The second kappa shape index (κ2) is 8.65. The van der Waals surface area contributed by atoms with Crippen molar-refractivity contribution in [2.75, 3.05) is 5.32 Å². The van der Waals surface area contributed by atoms with Crippen molar-refractivity contribution in [3.63, 3.8) is 0 Å². The highest BCUT2D eigenvalue weighted by molar-refractivity contribution is 5.92. The summed E-state index contributed by atoms with van der Waals surface area (Å²) >= 11 is 0. The van der Waals surface area contributed by atoms with Gasteiger partial charge >= 0.3 is 5.97 Å². The lowest BCUT2D eigenvalue weighted by atomic mass is 10.0. The average Bonchev–Trinajstić information content (AvgIpc) is 3.09. The molecule has 1 aromatic rings. The van der Waals surface area contributed by atoms with Crippen LogP contribution in [-0.4, -0.2) is 22.9 Å². The van der Waals surface area contributed by atoms with Crippen LogP contribution in [0.2, 0.25) is 0 Å². The quantitative estimate of drug-likeness (QED) is 0.707. The molecule has 1 aromatic carbocycles. The van der Waals surface area contributed by atoms with Gasteiger partial charge in [-0.05, 0) is 43.4 Å². The lowest BCUT2D eigenvalue weighted by Crippen LogP contribution is -2.29. The number of amides is 2. The smallest absolute Gasteiger partial charge is 0.306 e. The van der Waals surface area contributed by atoms with Gasteiger partial charge in [0, 0.05) is 24.1 Å². The molecule has 1 unspecified atom stereocenters. The first-order valence-corrected chi connectivity index (χ1v) is 8.81. The topological polar surface area (TPSA) is 95.5 Å². The van der Waals surface area contributed by atoms with E-state index in [1.54, 1.807) is 0 Å². The van der Waals surface area contributed by atoms with Gasteiger partial charge in [-0.15, -0.1) is 0 Å². The van der Waals surface area contributed by atoms with E-state index in [1.165, 1.54) is 0 Å². The molecule has 0 aromatic heterocycles. The minimum absolute atomic E-state index is 0.0191. The fraction of sp³-hybridized carbons (Fsp3) is 0.526. The Kier molecular flexibility index (Phi) is 6.56. The van der Waals surface area contributed by atoms with Crippen LogP contribution in [0.1, 0.15) is 45.1 Å². The number of anilines is 1. The molecule has 6 heteroatoms. The summed E-state index contributed by atoms with van der Waals surface area (Å²) in [5.74, 6) is -1.62. The minimum atomic E-state index is -0.819. The molecule has 1 saturated carbocycles. The number of carbonyl (C=O) groups is 3. The van der Waals surface area contributed by atoms with Crippen LogP contribution in [0.3, 0.4) is 0 Å². The Balaban J connectivity index is 1.87. The summed E-state index contributed by atoms with van der Waals surface area (Å²) in [6.45, 7) is 4.21. The third kappa shape index (κ3) is 5.31. The molecule has 3 atom stereocenters. The van der Waals surface area contributed by atoms with Crippen molar-refractivity contribution in [2.24, 2.45) is 17.8 Å². The standard InChI is InChI=1S/C19H26N2O4/c1-3-12(2)17(22)21-16-6-4-5-13(9-16)11-20-18(23)14-7-8-15(10-14)19(24)25/h4-6,9,12,14-15H,3,7-8,10-11H2,1-2H3,(H,20,23)(H,21,22)(H,24,25)/t12?,14-,15+/m1/s1. The number of benzene rings is 1. The van der Waals surface area contributed by atoms with E-state index in [9.17, 15) is 14.4 Å². The lowest BCUT2D eigenvalue weighted by molar-refractivity contribution is -0.141. The fourth-order valence-corrected chi connectivity index (χ4v) is 2.99. The molecule has 3 N–H and O–H groups in total. The third-order valence-corrected chi connectivity index (χ3v) is 4.87. The van der Waals surface area contributed by atoms with E-state index in [2.05, 4.69) is 10.6 Å². The maximum atomic E-state index is 12.2. The van der Waals surface area contributed by atoms with Crippen LogP contribution in [0.25, 0.3) is 0 Å². The number of carbonyl (C=O) groups excluding carboxylic acids is 2.